The van der Waals surface area contributed by atoms with Crippen molar-refractivity contribution in [1.82, 2.24) is 0 Å². The van der Waals surface area contributed by atoms with Crippen LogP contribution >= 0.6 is 0 Å². The topological polar surface area (TPSA) is 46.5 Å². The van der Waals surface area contributed by atoms with Gasteiger partial charge in [-0.05, 0) is 80.0 Å². The van der Waals surface area contributed by atoms with E-state index >= 15 is 0 Å². The Labute approximate surface area is 145 Å². The number of allylic oxidation sites excluding steroid dienone is 1. The van der Waals surface area contributed by atoms with E-state index in [4.69, 9.17) is 4.74 Å². The Bertz CT molecular complexity index is 567. The van der Waals surface area contributed by atoms with Crippen molar-refractivity contribution in [2.45, 2.75) is 71.3 Å². The van der Waals surface area contributed by atoms with Gasteiger partial charge in [0.1, 0.15) is 0 Å². The summed E-state index contributed by atoms with van der Waals surface area (Å²) in [6.07, 6.45) is 11.0. The van der Waals surface area contributed by atoms with E-state index in [0.717, 1.165) is 43.9 Å². The van der Waals surface area contributed by atoms with Gasteiger partial charge in [-0.2, -0.15) is 0 Å². The highest BCUT2D eigenvalue weighted by Gasteiger charge is 2.60. The van der Waals surface area contributed by atoms with Gasteiger partial charge in [-0.15, -0.1) is 0 Å². The molecule has 3 fully saturated rings. The highest BCUT2D eigenvalue weighted by molar-refractivity contribution is 5.73. The lowest BCUT2D eigenvalue weighted by Crippen LogP contribution is -2.51. The lowest BCUT2D eigenvalue weighted by molar-refractivity contribution is -0.152. The molecule has 7 atom stereocenters. The Kier molecular flexibility index (Phi) is 3.87. The summed E-state index contributed by atoms with van der Waals surface area (Å²) in [7, 11) is 1.54. The van der Waals surface area contributed by atoms with Gasteiger partial charge in [-0.3, -0.25) is 4.79 Å². The molecular weight excluding hydrogens is 300 g/mol. The molecule has 0 aliphatic heterocycles. The first-order valence-electron chi connectivity index (χ1n) is 9.87. The number of aliphatic hydroxyl groups excluding tert-OH is 1. The molecule has 134 valence electrons. The molecule has 3 saturated carbocycles. The highest BCUT2D eigenvalue weighted by Crippen LogP contribution is 2.66. The third-order valence-corrected chi connectivity index (χ3v) is 8.57. The number of hydrogen-bond donors (Lipinski definition) is 1. The van der Waals surface area contributed by atoms with Gasteiger partial charge in [0.05, 0.1) is 19.1 Å². The molecule has 0 heterocycles. The summed E-state index contributed by atoms with van der Waals surface area (Å²) in [5, 5.41) is 10.0. The standard InChI is InChI=1S/C21H32O3/c1-20-10-8-14(22)12-13(20)4-5-15-16-6-7-18(19(23)24-3)21(16,2)11-9-17(15)20/h12,14-18,22H,4-11H2,1-3H3/t14-,15-,16-,17-,18+,20-,21-/m0/s1. The zero-order chi connectivity index (χ0) is 17.1. The van der Waals surface area contributed by atoms with E-state index in [1.165, 1.54) is 31.9 Å². The fourth-order valence-corrected chi connectivity index (χ4v) is 7.24. The van der Waals surface area contributed by atoms with Crippen molar-refractivity contribution < 1.29 is 14.6 Å². The minimum absolute atomic E-state index is 0.0156. The van der Waals surface area contributed by atoms with E-state index in [0.29, 0.717) is 5.92 Å². The molecule has 4 aliphatic rings. The largest absolute Gasteiger partial charge is 0.469 e. The molecule has 0 saturated heterocycles. The molecule has 0 aromatic carbocycles. The second kappa shape index (κ2) is 5.59. The second-order valence-corrected chi connectivity index (χ2v) is 9.33. The monoisotopic (exact) mass is 332 g/mol. The first kappa shape index (κ1) is 16.6. The average molecular weight is 332 g/mol. The third-order valence-electron chi connectivity index (χ3n) is 8.57. The molecule has 4 rings (SSSR count). The van der Waals surface area contributed by atoms with Crippen LogP contribution in [0.25, 0.3) is 0 Å². The van der Waals surface area contributed by atoms with Crippen LogP contribution in [-0.2, 0) is 9.53 Å². The van der Waals surface area contributed by atoms with Gasteiger partial charge in [0, 0.05) is 0 Å². The number of fused-ring (bicyclic) bond motifs is 5. The molecule has 0 aromatic rings. The lowest BCUT2D eigenvalue weighted by atomic mass is 9.47. The summed E-state index contributed by atoms with van der Waals surface area (Å²) >= 11 is 0. The number of aliphatic hydroxyl groups is 1. The predicted octanol–water partition coefficient (Wildman–Crippen LogP) is 4.10. The summed E-state index contributed by atoms with van der Waals surface area (Å²) in [6, 6.07) is 0. The van der Waals surface area contributed by atoms with E-state index in [1.807, 2.05) is 0 Å². The normalized spacial score (nSPS) is 50.3. The van der Waals surface area contributed by atoms with Crippen LogP contribution in [0.1, 0.15) is 65.2 Å². The van der Waals surface area contributed by atoms with Gasteiger partial charge in [0.15, 0.2) is 0 Å². The van der Waals surface area contributed by atoms with Gasteiger partial charge in [-0.1, -0.05) is 25.5 Å². The van der Waals surface area contributed by atoms with Gasteiger partial charge < -0.3 is 9.84 Å². The average Bonchev–Trinajstić information content (AvgIpc) is 2.92. The van der Waals surface area contributed by atoms with Crippen LogP contribution in [0.2, 0.25) is 0 Å². The lowest BCUT2D eigenvalue weighted by Gasteiger charge is -2.58. The number of carbonyl (C=O) groups is 1. The quantitative estimate of drug-likeness (QED) is 0.581. The molecule has 3 heteroatoms. The number of rotatable bonds is 1. The zero-order valence-electron chi connectivity index (χ0n) is 15.4. The van der Waals surface area contributed by atoms with Crippen LogP contribution in [0.4, 0.5) is 0 Å². The summed E-state index contributed by atoms with van der Waals surface area (Å²) in [6.45, 7) is 4.82. The highest BCUT2D eigenvalue weighted by atomic mass is 16.5. The van der Waals surface area contributed by atoms with E-state index in [9.17, 15) is 9.90 Å². The van der Waals surface area contributed by atoms with Crippen molar-refractivity contribution in [3.63, 3.8) is 0 Å². The van der Waals surface area contributed by atoms with Crippen molar-refractivity contribution in [2.24, 2.45) is 34.5 Å². The number of ether oxygens (including phenoxy) is 1. The van der Waals surface area contributed by atoms with Crippen molar-refractivity contribution in [3.05, 3.63) is 11.6 Å². The summed E-state index contributed by atoms with van der Waals surface area (Å²) in [4.78, 5) is 12.3. The molecule has 0 spiro atoms. The van der Waals surface area contributed by atoms with E-state index < -0.39 is 0 Å². The summed E-state index contributed by atoms with van der Waals surface area (Å²) < 4.78 is 5.13. The molecule has 3 nitrogen and oxygen atoms in total. The molecular formula is C21H32O3. The van der Waals surface area contributed by atoms with Crippen molar-refractivity contribution >= 4 is 5.97 Å². The van der Waals surface area contributed by atoms with E-state index in [-0.39, 0.29) is 28.8 Å². The second-order valence-electron chi connectivity index (χ2n) is 9.33. The molecule has 0 radical (unpaired) electrons. The first-order valence-corrected chi connectivity index (χ1v) is 9.87. The maximum atomic E-state index is 12.3. The molecule has 0 amide bonds. The van der Waals surface area contributed by atoms with Gasteiger partial charge in [-0.25, -0.2) is 0 Å². The van der Waals surface area contributed by atoms with Gasteiger partial charge in [0.2, 0.25) is 0 Å². The Balaban J connectivity index is 1.63. The Hall–Kier alpha value is -0.830. The number of hydrogen-bond acceptors (Lipinski definition) is 3. The zero-order valence-corrected chi connectivity index (χ0v) is 15.4. The minimum Gasteiger partial charge on any atom is -0.469 e. The summed E-state index contributed by atoms with van der Waals surface area (Å²) in [5.41, 5.74) is 1.95. The number of esters is 1. The fraction of sp³-hybridized carbons (Fsp3) is 0.857. The van der Waals surface area contributed by atoms with Crippen molar-refractivity contribution in [2.75, 3.05) is 7.11 Å². The van der Waals surface area contributed by atoms with Gasteiger partial charge in [0.25, 0.3) is 0 Å². The molecule has 24 heavy (non-hydrogen) atoms. The predicted molar refractivity (Wildman–Crippen MR) is 93.2 cm³/mol. The van der Waals surface area contributed by atoms with E-state index in [2.05, 4.69) is 19.9 Å². The number of carbonyl (C=O) groups excluding carboxylic acids is 1. The minimum atomic E-state index is -0.228. The molecule has 1 N–H and O–H groups in total. The smallest absolute Gasteiger partial charge is 0.309 e. The SMILES string of the molecule is COC(=O)[C@H]1CC[C@H]2[C@@H]3CCC4=C[C@@H](O)CC[C@]4(C)[C@H]3CC[C@]12C. The maximum Gasteiger partial charge on any atom is 0.309 e. The maximum absolute atomic E-state index is 12.3. The Morgan fingerprint density at radius 2 is 1.92 bits per heavy atom. The fourth-order valence-electron chi connectivity index (χ4n) is 7.24. The van der Waals surface area contributed by atoms with Crippen molar-refractivity contribution in [3.8, 4) is 0 Å². The van der Waals surface area contributed by atoms with Gasteiger partial charge >= 0.3 is 5.97 Å². The van der Waals surface area contributed by atoms with Crippen LogP contribution in [-0.4, -0.2) is 24.3 Å². The van der Waals surface area contributed by atoms with Crippen molar-refractivity contribution in [1.29, 1.82) is 0 Å². The summed E-state index contributed by atoms with van der Waals surface area (Å²) in [5.74, 6) is 2.27. The third kappa shape index (κ3) is 2.16. The van der Waals surface area contributed by atoms with Crippen LogP contribution in [0.5, 0.6) is 0 Å². The Morgan fingerprint density at radius 1 is 1.12 bits per heavy atom. The van der Waals surface area contributed by atoms with Crippen LogP contribution in [0, 0.1) is 34.5 Å². The van der Waals surface area contributed by atoms with Crippen LogP contribution in [0.3, 0.4) is 0 Å². The molecule has 0 unspecified atom stereocenters. The Morgan fingerprint density at radius 3 is 2.67 bits per heavy atom. The molecule has 0 bridgehead atoms. The number of methoxy groups -OCH3 is 1. The van der Waals surface area contributed by atoms with Crippen LogP contribution in [0.15, 0.2) is 11.6 Å². The first-order chi connectivity index (χ1) is 11.4. The van der Waals surface area contributed by atoms with E-state index in [1.54, 1.807) is 0 Å². The molecule has 0 aromatic heterocycles. The molecule has 4 aliphatic carbocycles. The van der Waals surface area contributed by atoms with Crippen LogP contribution < -0.4 is 0 Å².